The summed E-state index contributed by atoms with van der Waals surface area (Å²) in [6.45, 7) is 1.97. The molecule has 0 saturated heterocycles. The molecule has 0 heterocycles. The van der Waals surface area contributed by atoms with E-state index in [-0.39, 0.29) is 13.2 Å². The first-order chi connectivity index (χ1) is 15.2. The summed E-state index contributed by atoms with van der Waals surface area (Å²) in [5, 5.41) is 22.8. The number of fused-ring (bicyclic) bond motifs is 2. The summed E-state index contributed by atoms with van der Waals surface area (Å²) in [6.07, 6.45) is 0. The van der Waals surface area contributed by atoms with Gasteiger partial charge in [0.1, 0.15) is 24.7 Å². The summed E-state index contributed by atoms with van der Waals surface area (Å²) in [5.41, 5.74) is 1.80. The van der Waals surface area contributed by atoms with Crippen molar-refractivity contribution in [2.75, 3.05) is 26.4 Å². The van der Waals surface area contributed by atoms with Gasteiger partial charge in [-0.2, -0.15) is 0 Å². The molecule has 0 spiro atoms. The predicted octanol–water partition coefficient (Wildman–Crippen LogP) is 4.45. The van der Waals surface area contributed by atoms with Gasteiger partial charge in [-0.3, -0.25) is 0 Å². The lowest BCUT2D eigenvalue weighted by atomic mass is 10.1. The number of hydrogen-bond donors (Lipinski definition) is 2. The first kappa shape index (κ1) is 21.1. The summed E-state index contributed by atoms with van der Waals surface area (Å²) in [5.74, 6) is 1.59. The van der Waals surface area contributed by atoms with Gasteiger partial charge in [0.15, 0.2) is 0 Å². The van der Waals surface area contributed by atoms with Crippen LogP contribution in [0.1, 0.15) is 11.1 Å². The number of aliphatic hydroxyl groups is 2. The van der Waals surface area contributed by atoms with E-state index < -0.39 is 0 Å². The Kier molecular flexibility index (Phi) is 6.99. The van der Waals surface area contributed by atoms with Crippen LogP contribution < -0.4 is 9.47 Å². The summed E-state index contributed by atoms with van der Waals surface area (Å²) in [6, 6.07) is 23.6. The molecule has 0 aliphatic rings. The van der Waals surface area contributed by atoms with Crippen LogP contribution in [0.3, 0.4) is 0 Å². The standard InChI is InChI=1S/C26H26O5/c27-17-19-1-3-23-15-25(7-5-21(23)13-19)30-11-9-29-10-12-31-26-8-6-22-14-20(18-28)2-4-24(22)16-26/h1-8,13-16,27-28H,9-12,17-18H2. The van der Waals surface area contributed by atoms with E-state index in [2.05, 4.69) is 0 Å². The lowest BCUT2D eigenvalue weighted by molar-refractivity contribution is 0.0765. The van der Waals surface area contributed by atoms with Crippen LogP contribution in [-0.4, -0.2) is 36.6 Å². The van der Waals surface area contributed by atoms with Crippen molar-refractivity contribution >= 4 is 21.5 Å². The first-order valence-corrected chi connectivity index (χ1v) is 10.4. The Bertz CT molecular complexity index is 1060. The third-order valence-electron chi connectivity index (χ3n) is 5.11. The first-order valence-electron chi connectivity index (χ1n) is 10.4. The number of rotatable bonds is 10. The van der Waals surface area contributed by atoms with Gasteiger partial charge in [0.25, 0.3) is 0 Å². The molecule has 0 aliphatic carbocycles. The summed E-state index contributed by atoms with van der Waals surface area (Å²) >= 11 is 0. The summed E-state index contributed by atoms with van der Waals surface area (Å²) in [7, 11) is 0. The van der Waals surface area contributed by atoms with Crippen molar-refractivity contribution in [3.05, 3.63) is 83.9 Å². The molecular weight excluding hydrogens is 392 g/mol. The van der Waals surface area contributed by atoms with Gasteiger partial charge in [-0.15, -0.1) is 0 Å². The third-order valence-corrected chi connectivity index (χ3v) is 5.11. The fraction of sp³-hybridized carbons (Fsp3) is 0.231. The van der Waals surface area contributed by atoms with Gasteiger partial charge in [0.2, 0.25) is 0 Å². The van der Waals surface area contributed by atoms with Gasteiger partial charge < -0.3 is 24.4 Å². The zero-order chi connectivity index (χ0) is 21.5. The van der Waals surface area contributed by atoms with Crippen molar-refractivity contribution in [1.29, 1.82) is 0 Å². The molecule has 0 bridgehead atoms. The normalized spacial score (nSPS) is 11.2. The molecule has 0 radical (unpaired) electrons. The maximum absolute atomic E-state index is 9.23. The Morgan fingerprint density at radius 2 is 0.903 bits per heavy atom. The van der Waals surface area contributed by atoms with Crippen LogP contribution in [0.4, 0.5) is 0 Å². The van der Waals surface area contributed by atoms with Crippen LogP contribution in [0.15, 0.2) is 72.8 Å². The molecule has 0 atom stereocenters. The van der Waals surface area contributed by atoms with Gasteiger partial charge in [-0.25, -0.2) is 0 Å². The molecule has 31 heavy (non-hydrogen) atoms. The van der Waals surface area contributed by atoms with E-state index in [9.17, 15) is 10.2 Å². The van der Waals surface area contributed by atoms with Gasteiger partial charge in [-0.05, 0) is 69.1 Å². The Labute approximate surface area is 181 Å². The summed E-state index contributed by atoms with van der Waals surface area (Å²) < 4.78 is 17.1. The molecule has 0 fully saturated rings. The molecule has 4 aromatic rings. The van der Waals surface area contributed by atoms with Crippen LogP contribution in [0, 0.1) is 0 Å². The molecule has 2 N–H and O–H groups in total. The minimum Gasteiger partial charge on any atom is -0.491 e. The molecule has 5 heteroatoms. The third kappa shape index (κ3) is 5.52. The van der Waals surface area contributed by atoms with E-state index in [0.29, 0.717) is 26.4 Å². The molecular formula is C26H26O5. The summed E-state index contributed by atoms with van der Waals surface area (Å²) in [4.78, 5) is 0. The fourth-order valence-corrected chi connectivity index (χ4v) is 3.46. The second-order valence-electron chi connectivity index (χ2n) is 7.31. The topological polar surface area (TPSA) is 68.2 Å². The van der Waals surface area contributed by atoms with Crippen molar-refractivity contribution in [3.63, 3.8) is 0 Å². The smallest absolute Gasteiger partial charge is 0.120 e. The lowest BCUT2D eigenvalue weighted by Crippen LogP contribution is -2.12. The molecule has 5 nitrogen and oxygen atoms in total. The van der Waals surface area contributed by atoms with E-state index in [1.54, 1.807) is 0 Å². The molecule has 160 valence electrons. The minimum absolute atomic E-state index is 0.0432. The molecule has 0 amide bonds. The van der Waals surface area contributed by atoms with Crippen molar-refractivity contribution in [2.24, 2.45) is 0 Å². The van der Waals surface area contributed by atoms with Crippen LogP contribution >= 0.6 is 0 Å². The van der Waals surface area contributed by atoms with Crippen LogP contribution in [0.2, 0.25) is 0 Å². The maximum atomic E-state index is 9.23. The van der Waals surface area contributed by atoms with Gasteiger partial charge in [0, 0.05) is 0 Å². The van der Waals surface area contributed by atoms with Crippen LogP contribution in [-0.2, 0) is 18.0 Å². The second kappa shape index (κ2) is 10.3. The molecule has 4 rings (SSSR count). The van der Waals surface area contributed by atoms with E-state index >= 15 is 0 Å². The highest BCUT2D eigenvalue weighted by Gasteiger charge is 2.01. The fourth-order valence-electron chi connectivity index (χ4n) is 3.46. The molecule has 0 aliphatic heterocycles. The zero-order valence-corrected chi connectivity index (χ0v) is 17.3. The van der Waals surface area contributed by atoms with Gasteiger partial charge in [0.05, 0.1) is 26.4 Å². The number of ether oxygens (including phenoxy) is 3. The van der Waals surface area contributed by atoms with Crippen LogP contribution in [0.5, 0.6) is 11.5 Å². The van der Waals surface area contributed by atoms with E-state index in [4.69, 9.17) is 14.2 Å². The monoisotopic (exact) mass is 418 g/mol. The second-order valence-corrected chi connectivity index (χ2v) is 7.31. The van der Waals surface area contributed by atoms with E-state index in [1.807, 2.05) is 72.8 Å². The molecule has 4 aromatic carbocycles. The maximum Gasteiger partial charge on any atom is 0.120 e. The predicted molar refractivity (Wildman–Crippen MR) is 122 cm³/mol. The van der Waals surface area contributed by atoms with E-state index in [0.717, 1.165) is 44.2 Å². The van der Waals surface area contributed by atoms with E-state index in [1.165, 1.54) is 0 Å². The quantitative estimate of drug-likeness (QED) is 0.373. The van der Waals surface area contributed by atoms with Crippen molar-refractivity contribution < 1.29 is 24.4 Å². The van der Waals surface area contributed by atoms with Crippen molar-refractivity contribution in [3.8, 4) is 11.5 Å². The number of aliphatic hydroxyl groups excluding tert-OH is 2. The Morgan fingerprint density at radius 3 is 1.35 bits per heavy atom. The van der Waals surface area contributed by atoms with Crippen molar-refractivity contribution in [2.45, 2.75) is 13.2 Å². The number of hydrogen-bond acceptors (Lipinski definition) is 5. The minimum atomic E-state index is 0.0432. The largest absolute Gasteiger partial charge is 0.491 e. The average molecular weight is 418 g/mol. The van der Waals surface area contributed by atoms with Crippen LogP contribution in [0.25, 0.3) is 21.5 Å². The Balaban J connectivity index is 1.18. The highest BCUT2D eigenvalue weighted by molar-refractivity contribution is 5.85. The molecule has 0 unspecified atom stereocenters. The molecule has 0 saturated carbocycles. The highest BCUT2D eigenvalue weighted by Crippen LogP contribution is 2.23. The lowest BCUT2D eigenvalue weighted by Gasteiger charge is -2.10. The van der Waals surface area contributed by atoms with Crippen molar-refractivity contribution in [1.82, 2.24) is 0 Å². The molecule has 0 aromatic heterocycles. The highest BCUT2D eigenvalue weighted by atomic mass is 16.5. The van der Waals surface area contributed by atoms with Gasteiger partial charge >= 0.3 is 0 Å². The Hall–Kier alpha value is -3.12. The number of benzene rings is 4. The average Bonchev–Trinajstić information content (AvgIpc) is 2.82. The Morgan fingerprint density at radius 1 is 0.484 bits per heavy atom. The van der Waals surface area contributed by atoms with Gasteiger partial charge in [-0.1, -0.05) is 36.4 Å². The zero-order valence-electron chi connectivity index (χ0n) is 17.3. The SMILES string of the molecule is OCc1ccc2cc(OCCOCCOc3ccc4cc(CO)ccc4c3)ccc2c1.